The van der Waals surface area contributed by atoms with Gasteiger partial charge in [0.15, 0.2) is 30.4 Å². The minimum atomic E-state index is -1.15. The summed E-state index contributed by atoms with van der Waals surface area (Å²) in [6.45, 7) is 0.608. The van der Waals surface area contributed by atoms with E-state index in [0.29, 0.717) is 6.54 Å². The Labute approximate surface area is 110 Å². The molecule has 0 radical (unpaired) electrons. The van der Waals surface area contributed by atoms with Crippen molar-refractivity contribution in [1.82, 2.24) is 4.98 Å². The van der Waals surface area contributed by atoms with Gasteiger partial charge < -0.3 is 5.11 Å². The number of hydrogen-bond donors (Lipinski definition) is 1. The Hall–Kier alpha value is -2.56. The van der Waals surface area contributed by atoms with E-state index >= 15 is 0 Å². The van der Waals surface area contributed by atoms with Crippen LogP contribution in [0.15, 0.2) is 48.9 Å². The molecule has 1 heterocycles. The summed E-state index contributed by atoms with van der Waals surface area (Å²) in [6, 6.07) is 9.77. The molecule has 5 nitrogen and oxygen atoms in total. The Balaban J connectivity index is 2.15. The van der Waals surface area contributed by atoms with Crippen LogP contribution >= 0.6 is 0 Å². The average Bonchev–Trinajstić information content (AvgIpc) is 2.39. The second-order valence-electron chi connectivity index (χ2n) is 4.09. The Bertz CT molecular complexity index is 597. The fourth-order valence-corrected chi connectivity index (χ4v) is 1.70. The fraction of sp³-hybridized carbons (Fsp3) is 0.143. The molecule has 0 fully saturated rings. The lowest BCUT2D eigenvalue weighted by Gasteiger charge is -1.99. The Morgan fingerprint density at radius 1 is 1.21 bits per heavy atom. The van der Waals surface area contributed by atoms with E-state index in [2.05, 4.69) is 4.98 Å². The lowest BCUT2D eigenvalue weighted by molar-refractivity contribution is -0.689. The smallest absolute Gasteiger partial charge is 0.311 e. The average molecular weight is 257 g/mol. The normalized spacial score (nSPS) is 10.1. The Morgan fingerprint density at radius 2 is 1.95 bits per heavy atom. The van der Waals surface area contributed by atoms with E-state index in [1.165, 1.54) is 6.20 Å². The highest BCUT2D eigenvalue weighted by molar-refractivity contribution is 6.03. The van der Waals surface area contributed by atoms with E-state index in [0.717, 1.165) is 5.56 Å². The lowest BCUT2D eigenvalue weighted by Crippen LogP contribution is -2.35. The number of nitrogens with zero attached hydrogens (tertiary/aromatic N) is 2. The summed E-state index contributed by atoms with van der Waals surface area (Å²) in [6.07, 6.45) is 4.27. The zero-order valence-electron chi connectivity index (χ0n) is 10.2. The van der Waals surface area contributed by atoms with Crippen LogP contribution in [0.3, 0.4) is 0 Å². The van der Waals surface area contributed by atoms with Gasteiger partial charge in [0.1, 0.15) is 6.42 Å². The molecule has 0 amide bonds. The molecule has 5 heteroatoms. The van der Waals surface area contributed by atoms with E-state index < -0.39 is 18.2 Å². The minimum absolute atomic E-state index is 0.167. The third-order valence-corrected chi connectivity index (χ3v) is 2.57. The number of carbonyl (C=O) groups is 2. The van der Waals surface area contributed by atoms with Crippen LogP contribution < -0.4 is 4.57 Å². The molecule has 1 aromatic carbocycles. The van der Waals surface area contributed by atoms with Crippen molar-refractivity contribution in [1.29, 1.82) is 0 Å². The molecule has 0 spiro atoms. The SMILES string of the molecule is O=C(O)CC(=O)c1c[n+](Cc2ccccc2)ccn1. The second kappa shape index (κ2) is 5.86. The van der Waals surface area contributed by atoms with Gasteiger partial charge in [-0.05, 0) is 0 Å². The molecule has 0 unspecified atom stereocenters. The van der Waals surface area contributed by atoms with Crippen LogP contribution in [-0.4, -0.2) is 21.8 Å². The molecular weight excluding hydrogens is 244 g/mol. The number of Topliss-reactive ketones (excluding diaryl/α,β-unsaturated/α-hetero) is 1. The van der Waals surface area contributed by atoms with E-state index in [-0.39, 0.29) is 5.69 Å². The first-order chi connectivity index (χ1) is 9.15. The standard InChI is InChI=1S/C14H12N2O3/c17-13(8-14(18)19)12-10-16(7-6-15-12)9-11-4-2-1-3-5-11/h1-7,10H,8-9H2/p+1. The molecule has 1 aromatic heterocycles. The Morgan fingerprint density at radius 3 is 2.63 bits per heavy atom. The number of aliphatic carboxylic acids is 1. The third kappa shape index (κ3) is 3.70. The first-order valence-corrected chi connectivity index (χ1v) is 5.79. The number of rotatable bonds is 5. The fourth-order valence-electron chi connectivity index (χ4n) is 1.70. The van der Waals surface area contributed by atoms with Crippen LogP contribution in [0.4, 0.5) is 0 Å². The van der Waals surface area contributed by atoms with E-state index in [1.54, 1.807) is 17.0 Å². The lowest BCUT2D eigenvalue weighted by atomic mass is 10.2. The van der Waals surface area contributed by atoms with Crippen LogP contribution in [0.2, 0.25) is 0 Å². The molecule has 0 atom stereocenters. The highest BCUT2D eigenvalue weighted by Gasteiger charge is 2.15. The molecule has 0 aliphatic heterocycles. The van der Waals surface area contributed by atoms with Gasteiger partial charge in [-0.1, -0.05) is 30.3 Å². The molecule has 0 bridgehead atoms. The highest BCUT2D eigenvalue weighted by atomic mass is 16.4. The molecular formula is C14H13N2O3+. The van der Waals surface area contributed by atoms with Gasteiger partial charge in [0.05, 0.1) is 6.20 Å². The quantitative estimate of drug-likeness (QED) is 0.494. The van der Waals surface area contributed by atoms with Crippen LogP contribution in [0.1, 0.15) is 22.5 Å². The van der Waals surface area contributed by atoms with E-state index in [9.17, 15) is 9.59 Å². The van der Waals surface area contributed by atoms with Gasteiger partial charge in [-0.25, -0.2) is 4.98 Å². The van der Waals surface area contributed by atoms with Crippen molar-refractivity contribution in [2.24, 2.45) is 0 Å². The van der Waals surface area contributed by atoms with Crippen molar-refractivity contribution in [2.75, 3.05) is 0 Å². The molecule has 19 heavy (non-hydrogen) atoms. The Kier molecular flexibility index (Phi) is 3.97. The molecule has 2 rings (SSSR count). The summed E-state index contributed by atoms with van der Waals surface area (Å²) >= 11 is 0. The molecule has 0 saturated heterocycles. The predicted octanol–water partition coefficient (Wildman–Crippen LogP) is 1.07. The number of hydrogen-bond acceptors (Lipinski definition) is 3. The molecule has 96 valence electrons. The molecule has 2 aromatic rings. The maximum absolute atomic E-state index is 11.6. The monoisotopic (exact) mass is 257 g/mol. The van der Waals surface area contributed by atoms with Gasteiger partial charge in [-0.3, -0.25) is 9.59 Å². The van der Waals surface area contributed by atoms with Crippen LogP contribution in [-0.2, 0) is 11.3 Å². The maximum atomic E-state index is 11.6. The third-order valence-electron chi connectivity index (χ3n) is 2.57. The first-order valence-electron chi connectivity index (χ1n) is 5.79. The first kappa shape index (κ1) is 12.9. The molecule has 0 saturated carbocycles. The van der Waals surface area contributed by atoms with Crippen molar-refractivity contribution in [2.45, 2.75) is 13.0 Å². The van der Waals surface area contributed by atoms with Gasteiger partial charge in [-0.15, -0.1) is 0 Å². The number of carboxylic acids is 1. The zero-order chi connectivity index (χ0) is 13.7. The van der Waals surface area contributed by atoms with Crippen molar-refractivity contribution < 1.29 is 19.3 Å². The van der Waals surface area contributed by atoms with Crippen molar-refractivity contribution in [3.05, 3.63) is 60.2 Å². The second-order valence-corrected chi connectivity index (χ2v) is 4.09. The van der Waals surface area contributed by atoms with Crippen molar-refractivity contribution >= 4 is 11.8 Å². The minimum Gasteiger partial charge on any atom is -0.481 e. The van der Waals surface area contributed by atoms with Crippen LogP contribution in [0.25, 0.3) is 0 Å². The maximum Gasteiger partial charge on any atom is 0.311 e. The number of aromatic nitrogens is 2. The molecule has 1 N–H and O–H groups in total. The summed E-state index contributed by atoms with van der Waals surface area (Å²) in [5, 5.41) is 8.59. The van der Waals surface area contributed by atoms with Crippen LogP contribution in [0, 0.1) is 0 Å². The van der Waals surface area contributed by atoms with Crippen molar-refractivity contribution in [3.8, 4) is 0 Å². The van der Waals surface area contributed by atoms with Crippen molar-refractivity contribution in [3.63, 3.8) is 0 Å². The largest absolute Gasteiger partial charge is 0.481 e. The van der Waals surface area contributed by atoms with Gasteiger partial charge in [-0.2, -0.15) is 4.57 Å². The molecule has 0 aliphatic rings. The topological polar surface area (TPSA) is 71.1 Å². The summed E-state index contributed by atoms with van der Waals surface area (Å²) in [5.74, 6) is -1.64. The van der Waals surface area contributed by atoms with Crippen LogP contribution in [0.5, 0.6) is 0 Å². The van der Waals surface area contributed by atoms with Gasteiger partial charge in [0.2, 0.25) is 0 Å². The highest BCUT2D eigenvalue weighted by Crippen LogP contribution is 1.99. The van der Waals surface area contributed by atoms with Gasteiger partial charge in [0.25, 0.3) is 0 Å². The summed E-state index contributed by atoms with van der Waals surface area (Å²) in [4.78, 5) is 26.0. The number of carboxylic acid groups (broad SMARTS) is 1. The summed E-state index contributed by atoms with van der Waals surface area (Å²) < 4.78 is 1.80. The van der Waals surface area contributed by atoms with E-state index in [1.807, 2.05) is 30.3 Å². The predicted molar refractivity (Wildman–Crippen MR) is 66.6 cm³/mol. The number of carbonyl (C=O) groups excluding carboxylic acids is 1. The van der Waals surface area contributed by atoms with Gasteiger partial charge in [0, 0.05) is 5.56 Å². The summed E-state index contributed by atoms with van der Waals surface area (Å²) in [5.41, 5.74) is 1.26. The number of benzene rings is 1. The molecule has 0 aliphatic carbocycles. The summed E-state index contributed by atoms with van der Waals surface area (Å²) in [7, 11) is 0. The zero-order valence-corrected chi connectivity index (χ0v) is 10.2. The number of ketones is 1. The van der Waals surface area contributed by atoms with Gasteiger partial charge >= 0.3 is 5.97 Å². The van der Waals surface area contributed by atoms with E-state index in [4.69, 9.17) is 5.11 Å².